The molecule has 0 fully saturated rings. The monoisotopic (exact) mass is 237 g/mol. The molecule has 0 bridgehead atoms. The highest BCUT2D eigenvalue weighted by atomic mass is 16.3. The van der Waals surface area contributed by atoms with Crippen molar-refractivity contribution in [2.45, 2.75) is 39.7 Å². The number of phenolic OH excluding ortho intramolecular Hbond substituents is 2. The zero-order valence-electron chi connectivity index (χ0n) is 10.9. The first-order valence-corrected chi connectivity index (χ1v) is 6.33. The lowest BCUT2D eigenvalue weighted by Gasteiger charge is -2.19. The Balaban J connectivity index is 2.63. The zero-order chi connectivity index (χ0) is 12.8. The van der Waals surface area contributed by atoms with Crippen molar-refractivity contribution in [2.75, 3.05) is 6.54 Å². The predicted molar refractivity (Wildman–Crippen MR) is 70.3 cm³/mol. The number of phenols is 2. The van der Waals surface area contributed by atoms with Gasteiger partial charge in [0.05, 0.1) is 0 Å². The standard InChI is InChI=1S/C14H23NO2/c1-4-11(5-2)9-15-10(3)13-8-12(16)6-7-14(13)17/h6-8,10-11,15-17H,4-5,9H2,1-3H3. The molecule has 3 N–H and O–H groups in total. The molecule has 0 spiro atoms. The van der Waals surface area contributed by atoms with Crippen molar-refractivity contribution in [3.8, 4) is 11.5 Å². The molecular weight excluding hydrogens is 214 g/mol. The number of hydrogen-bond acceptors (Lipinski definition) is 3. The molecular formula is C14H23NO2. The van der Waals surface area contributed by atoms with E-state index in [-0.39, 0.29) is 17.5 Å². The van der Waals surface area contributed by atoms with Gasteiger partial charge in [0.25, 0.3) is 0 Å². The fourth-order valence-electron chi connectivity index (χ4n) is 1.92. The molecule has 1 unspecified atom stereocenters. The summed E-state index contributed by atoms with van der Waals surface area (Å²) < 4.78 is 0. The second-order valence-corrected chi connectivity index (χ2v) is 4.56. The van der Waals surface area contributed by atoms with Gasteiger partial charge in [-0.1, -0.05) is 26.7 Å². The van der Waals surface area contributed by atoms with Crippen LogP contribution in [0.25, 0.3) is 0 Å². The normalized spacial score (nSPS) is 12.9. The highest BCUT2D eigenvalue weighted by molar-refractivity contribution is 5.40. The van der Waals surface area contributed by atoms with E-state index in [0.717, 1.165) is 24.9 Å². The molecule has 0 aliphatic heterocycles. The van der Waals surface area contributed by atoms with E-state index in [2.05, 4.69) is 19.2 Å². The summed E-state index contributed by atoms with van der Waals surface area (Å²) in [7, 11) is 0. The average Bonchev–Trinajstić information content (AvgIpc) is 2.33. The highest BCUT2D eigenvalue weighted by Crippen LogP contribution is 2.27. The minimum atomic E-state index is 0.0442. The lowest BCUT2D eigenvalue weighted by atomic mass is 10.0. The highest BCUT2D eigenvalue weighted by Gasteiger charge is 2.12. The topological polar surface area (TPSA) is 52.5 Å². The van der Waals surface area contributed by atoms with Crippen molar-refractivity contribution in [3.05, 3.63) is 23.8 Å². The van der Waals surface area contributed by atoms with Gasteiger partial charge in [-0.3, -0.25) is 0 Å². The third kappa shape index (κ3) is 3.93. The fraction of sp³-hybridized carbons (Fsp3) is 0.571. The Morgan fingerprint density at radius 1 is 1.18 bits per heavy atom. The van der Waals surface area contributed by atoms with E-state index in [0.29, 0.717) is 5.92 Å². The second kappa shape index (κ2) is 6.50. The average molecular weight is 237 g/mol. The van der Waals surface area contributed by atoms with Gasteiger partial charge in [0.1, 0.15) is 11.5 Å². The Morgan fingerprint density at radius 2 is 1.82 bits per heavy atom. The Kier molecular flexibility index (Phi) is 5.29. The molecule has 1 rings (SSSR count). The summed E-state index contributed by atoms with van der Waals surface area (Å²) in [4.78, 5) is 0. The maximum Gasteiger partial charge on any atom is 0.120 e. The maximum atomic E-state index is 9.73. The molecule has 0 aromatic heterocycles. The molecule has 1 aromatic carbocycles. The van der Waals surface area contributed by atoms with Crippen molar-refractivity contribution >= 4 is 0 Å². The number of rotatable bonds is 6. The molecule has 1 aromatic rings. The maximum absolute atomic E-state index is 9.73. The number of aromatic hydroxyl groups is 2. The van der Waals surface area contributed by atoms with Crippen LogP contribution in [-0.4, -0.2) is 16.8 Å². The Bertz CT molecular complexity index is 348. The number of nitrogens with one attached hydrogen (secondary N) is 1. The van der Waals surface area contributed by atoms with E-state index in [4.69, 9.17) is 0 Å². The van der Waals surface area contributed by atoms with Gasteiger partial charge in [-0.15, -0.1) is 0 Å². The largest absolute Gasteiger partial charge is 0.508 e. The van der Waals surface area contributed by atoms with Crippen LogP contribution >= 0.6 is 0 Å². The van der Waals surface area contributed by atoms with Gasteiger partial charge >= 0.3 is 0 Å². The van der Waals surface area contributed by atoms with Gasteiger partial charge in [0.2, 0.25) is 0 Å². The summed E-state index contributed by atoms with van der Waals surface area (Å²) in [5, 5.41) is 22.5. The van der Waals surface area contributed by atoms with Crippen LogP contribution in [0.1, 0.15) is 45.2 Å². The second-order valence-electron chi connectivity index (χ2n) is 4.56. The summed E-state index contributed by atoms with van der Waals surface area (Å²) in [5.74, 6) is 1.08. The van der Waals surface area contributed by atoms with Gasteiger partial charge in [0, 0.05) is 11.6 Å². The fourth-order valence-corrected chi connectivity index (χ4v) is 1.92. The number of hydrogen-bond donors (Lipinski definition) is 3. The van der Waals surface area contributed by atoms with E-state index in [9.17, 15) is 10.2 Å². The van der Waals surface area contributed by atoms with Crippen LogP contribution in [0.15, 0.2) is 18.2 Å². The van der Waals surface area contributed by atoms with Gasteiger partial charge in [-0.25, -0.2) is 0 Å². The van der Waals surface area contributed by atoms with Gasteiger partial charge in [-0.05, 0) is 37.6 Å². The van der Waals surface area contributed by atoms with Crippen molar-refractivity contribution in [2.24, 2.45) is 5.92 Å². The van der Waals surface area contributed by atoms with Crippen molar-refractivity contribution in [1.82, 2.24) is 5.32 Å². The SMILES string of the molecule is CCC(CC)CNC(C)c1cc(O)ccc1O. The minimum Gasteiger partial charge on any atom is -0.508 e. The third-order valence-corrected chi connectivity index (χ3v) is 3.35. The third-order valence-electron chi connectivity index (χ3n) is 3.35. The lowest BCUT2D eigenvalue weighted by molar-refractivity contribution is 0.406. The first-order valence-electron chi connectivity index (χ1n) is 6.33. The van der Waals surface area contributed by atoms with Gasteiger partial charge in [0.15, 0.2) is 0 Å². The summed E-state index contributed by atoms with van der Waals surface area (Å²) in [5.41, 5.74) is 0.746. The molecule has 0 aliphatic rings. The first kappa shape index (κ1) is 13.8. The smallest absolute Gasteiger partial charge is 0.120 e. The van der Waals surface area contributed by atoms with Crippen molar-refractivity contribution in [1.29, 1.82) is 0 Å². The van der Waals surface area contributed by atoms with Crippen LogP contribution in [0.5, 0.6) is 11.5 Å². The Hall–Kier alpha value is -1.22. The molecule has 17 heavy (non-hydrogen) atoms. The summed E-state index contributed by atoms with van der Waals surface area (Å²) >= 11 is 0. The van der Waals surface area contributed by atoms with E-state index in [1.54, 1.807) is 6.07 Å². The van der Waals surface area contributed by atoms with Crippen LogP contribution in [-0.2, 0) is 0 Å². The van der Waals surface area contributed by atoms with Crippen LogP contribution < -0.4 is 5.32 Å². The molecule has 3 nitrogen and oxygen atoms in total. The molecule has 0 saturated carbocycles. The van der Waals surface area contributed by atoms with Gasteiger partial charge < -0.3 is 15.5 Å². The van der Waals surface area contributed by atoms with E-state index >= 15 is 0 Å². The molecule has 96 valence electrons. The van der Waals surface area contributed by atoms with Crippen LogP contribution in [0.4, 0.5) is 0 Å². The van der Waals surface area contributed by atoms with Crippen LogP contribution in [0.3, 0.4) is 0 Å². The molecule has 1 atom stereocenters. The first-order chi connectivity index (χ1) is 8.08. The van der Waals surface area contributed by atoms with Crippen LogP contribution in [0.2, 0.25) is 0 Å². The summed E-state index contributed by atoms with van der Waals surface area (Å²) in [6.45, 7) is 7.30. The molecule has 0 radical (unpaired) electrons. The summed E-state index contributed by atoms with van der Waals surface area (Å²) in [6, 6.07) is 4.68. The predicted octanol–water partition coefficient (Wildman–Crippen LogP) is 3.18. The van der Waals surface area contributed by atoms with E-state index in [1.165, 1.54) is 12.1 Å². The molecule has 0 saturated heterocycles. The Labute approximate surface area is 103 Å². The molecule has 0 heterocycles. The number of benzene rings is 1. The molecule has 0 aliphatic carbocycles. The van der Waals surface area contributed by atoms with Crippen molar-refractivity contribution in [3.63, 3.8) is 0 Å². The summed E-state index contributed by atoms with van der Waals surface area (Å²) in [6.07, 6.45) is 2.31. The zero-order valence-corrected chi connectivity index (χ0v) is 10.9. The van der Waals surface area contributed by atoms with Crippen LogP contribution in [0, 0.1) is 5.92 Å². The minimum absolute atomic E-state index is 0.0442. The quantitative estimate of drug-likeness (QED) is 0.666. The van der Waals surface area contributed by atoms with E-state index in [1.807, 2.05) is 6.92 Å². The molecule has 0 amide bonds. The van der Waals surface area contributed by atoms with Crippen molar-refractivity contribution < 1.29 is 10.2 Å². The lowest BCUT2D eigenvalue weighted by Crippen LogP contribution is -2.25. The van der Waals surface area contributed by atoms with Gasteiger partial charge in [-0.2, -0.15) is 0 Å². The Morgan fingerprint density at radius 3 is 2.41 bits per heavy atom. The van der Waals surface area contributed by atoms with E-state index < -0.39 is 0 Å². The molecule has 3 heteroatoms.